The Bertz CT molecular complexity index is 329. The molecule has 1 aromatic carbocycles. The summed E-state index contributed by atoms with van der Waals surface area (Å²) < 4.78 is 5.40. The van der Waals surface area contributed by atoms with E-state index in [9.17, 15) is 0 Å². The molecule has 0 spiro atoms. The second-order valence-corrected chi connectivity index (χ2v) is 5.44. The SMILES string of the molecule is CCCCc1ccc(NCCC(C)(C)OC)cc1. The van der Waals surface area contributed by atoms with E-state index in [0.717, 1.165) is 13.0 Å². The molecule has 2 nitrogen and oxygen atoms in total. The molecule has 0 saturated carbocycles. The summed E-state index contributed by atoms with van der Waals surface area (Å²) >= 11 is 0. The first-order valence-electron chi connectivity index (χ1n) is 6.95. The lowest BCUT2D eigenvalue weighted by Gasteiger charge is -2.23. The summed E-state index contributed by atoms with van der Waals surface area (Å²) in [6.07, 6.45) is 4.72. The van der Waals surface area contributed by atoms with E-state index in [2.05, 4.69) is 50.4 Å². The molecule has 0 bridgehead atoms. The third-order valence-corrected chi connectivity index (χ3v) is 3.38. The van der Waals surface area contributed by atoms with E-state index in [1.807, 2.05) is 0 Å². The minimum atomic E-state index is -0.0476. The van der Waals surface area contributed by atoms with E-state index >= 15 is 0 Å². The largest absolute Gasteiger partial charge is 0.385 e. The second-order valence-electron chi connectivity index (χ2n) is 5.44. The van der Waals surface area contributed by atoms with Gasteiger partial charge in [0.15, 0.2) is 0 Å². The number of rotatable bonds is 8. The molecule has 0 unspecified atom stereocenters. The zero-order valence-corrected chi connectivity index (χ0v) is 12.3. The Morgan fingerprint density at radius 2 is 1.83 bits per heavy atom. The van der Waals surface area contributed by atoms with Crippen LogP contribution in [0.15, 0.2) is 24.3 Å². The van der Waals surface area contributed by atoms with Crippen LogP contribution in [-0.2, 0) is 11.2 Å². The lowest BCUT2D eigenvalue weighted by Crippen LogP contribution is -2.25. The molecule has 0 atom stereocenters. The standard InChI is InChI=1S/C16H27NO/c1-5-6-7-14-8-10-15(11-9-14)17-13-12-16(2,3)18-4/h8-11,17H,5-7,12-13H2,1-4H3. The van der Waals surface area contributed by atoms with Crippen molar-refractivity contribution in [3.63, 3.8) is 0 Å². The van der Waals surface area contributed by atoms with Gasteiger partial charge in [-0.05, 0) is 50.8 Å². The van der Waals surface area contributed by atoms with Crippen molar-refractivity contribution in [3.05, 3.63) is 29.8 Å². The van der Waals surface area contributed by atoms with Crippen molar-refractivity contribution in [1.82, 2.24) is 0 Å². The van der Waals surface area contributed by atoms with Crippen LogP contribution < -0.4 is 5.32 Å². The number of ether oxygens (including phenoxy) is 1. The Hall–Kier alpha value is -1.02. The fourth-order valence-electron chi connectivity index (χ4n) is 1.78. The van der Waals surface area contributed by atoms with Gasteiger partial charge in [0.25, 0.3) is 0 Å². The predicted molar refractivity (Wildman–Crippen MR) is 79.2 cm³/mol. The fourth-order valence-corrected chi connectivity index (χ4v) is 1.78. The molecule has 2 heteroatoms. The Morgan fingerprint density at radius 1 is 1.17 bits per heavy atom. The number of hydrogen-bond donors (Lipinski definition) is 1. The van der Waals surface area contributed by atoms with Gasteiger partial charge in [0.05, 0.1) is 5.60 Å². The number of nitrogens with one attached hydrogen (secondary N) is 1. The first kappa shape index (κ1) is 15.0. The number of benzene rings is 1. The van der Waals surface area contributed by atoms with Crippen LogP contribution >= 0.6 is 0 Å². The molecule has 0 saturated heterocycles. The minimum absolute atomic E-state index is 0.0476. The van der Waals surface area contributed by atoms with Gasteiger partial charge in [-0.3, -0.25) is 0 Å². The highest BCUT2D eigenvalue weighted by Gasteiger charge is 2.14. The maximum Gasteiger partial charge on any atom is 0.0639 e. The number of anilines is 1. The highest BCUT2D eigenvalue weighted by atomic mass is 16.5. The van der Waals surface area contributed by atoms with Gasteiger partial charge in [-0.15, -0.1) is 0 Å². The molecule has 18 heavy (non-hydrogen) atoms. The summed E-state index contributed by atoms with van der Waals surface area (Å²) in [6.45, 7) is 7.40. The average Bonchev–Trinajstić information content (AvgIpc) is 2.38. The Balaban J connectivity index is 2.35. The van der Waals surface area contributed by atoms with Crippen LogP contribution in [0.4, 0.5) is 5.69 Å². The van der Waals surface area contributed by atoms with Gasteiger partial charge in [0.2, 0.25) is 0 Å². The maximum absolute atomic E-state index is 5.40. The van der Waals surface area contributed by atoms with Crippen LogP contribution in [0.25, 0.3) is 0 Å². The van der Waals surface area contributed by atoms with Crippen LogP contribution in [-0.4, -0.2) is 19.3 Å². The van der Waals surface area contributed by atoms with Crippen molar-refractivity contribution in [1.29, 1.82) is 0 Å². The normalized spacial score (nSPS) is 11.6. The Labute approximate surface area is 112 Å². The third-order valence-electron chi connectivity index (χ3n) is 3.38. The summed E-state index contributed by atoms with van der Waals surface area (Å²) in [5.41, 5.74) is 2.58. The van der Waals surface area contributed by atoms with Crippen LogP contribution in [0.3, 0.4) is 0 Å². The van der Waals surface area contributed by atoms with Crippen molar-refractivity contribution in [3.8, 4) is 0 Å². The zero-order chi connectivity index (χ0) is 13.4. The quantitative estimate of drug-likeness (QED) is 0.743. The Morgan fingerprint density at radius 3 is 2.39 bits per heavy atom. The van der Waals surface area contributed by atoms with Crippen LogP contribution in [0, 0.1) is 0 Å². The van der Waals surface area contributed by atoms with Crippen LogP contribution in [0.5, 0.6) is 0 Å². The Kier molecular flexibility index (Phi) is 6.20. The van der Waals surface area contributed by atoms with Gasteiger partial charge in [-0.1, -0.05) is 25.5 Å². The number of hydrogen-bond acceptors (Lipinski definition) is 2. The molecule has 0 aliphatic rings. The molecule has 0 aliphatic carbocycles. The number of unbranched alkanes of at least 4 members (excludes halogenated alkanes) is 1. The molecular formula is C16H27NO. The molecule has 1 aromatic rings. The van der Waals surface area contributed by atoms with E-state index in [4.69, 9.17) is 4.74 Å². The van der Waals surface area contributed by atoms with Crippen molar-refractivity contribution in [2.24, 2.45) is 0 Å². The fraction of sp³-hybridized carbons (Fsp3) is 0.625. The van der Waals surface area contributed by atoms with E-state index in [1.165, 1.54) is 30.5 Å². The van der Waals surface area contributed by atoms with E-state index in [0.29, 0.717) is 0 Å². The van der Waals surface area contributed by atoms with Gasteiger partial charge in [0.1, 0.15) is 0 Å². The van der Waals surface area contributed by atoms with Crippen molar-refractivity contribution in [2.75, 3.05) is 19.0 Å². The lowest BCUT2D eigenvalue weighted by atomic mass is 10.1. The summed E-state index contributed by atoms with van der Waals surface area (Å²) in [6, 6.07) is 8.79. The molecular weight excluding hydrogens is 222 g/mol. The van der Waals surface area contributed by atoms with Gasteiger partial charge >= 0.3 is 0 Å². The first-order valence-corrected chi connectivity index (χ1v) is 6.95. The molecule has 0 radical (unpaired) electrons. The maximum atomic E-state index is 5.40. The topological polar surface area (TPSA) is 21.3 Å². The van der Waals surface area contributed by atoms with E-state index in [1.54, 1.807) is 7.11 Å². The van der Waals surface area contributed by atoms with Gasteiger partial charge in [-0.25, -0.2) is 0 Å². The van der Waals surface area contributed by atoms with Crippen molar-refractivity contribution >= 4 is 5.69 Å². The highest BCUT2D eigenvalue weighted by Crippen LogP contribution is 2.15. The summed E-state index contributed by atoms with van der Waals surface area (Å²) in [5.74, 6) is 0. The molecule has 0 aromatic heterocycles. The van der Waals surface area contributed by atoms with E-state index < -0.39 is 0 Å². The number of aryl methyl sites for hydroxylation is 1. The summed E-state index contributed by atoms with van der Waals surface area (Å²) in [7, 11) is 1.77. The average molecular weight is 249 g/mol. The smallest absolute Gasteiger partial charge is 0.0639 e. The molecule has 0 heterocycles. The first-order chi connectivity index (χ1) is 8.57. The van der Waals surface area contributed by atoms with Gasteiger partial charge in [0, 0.05) is 19.3 Å². The summed E-state index contributed by atoms with van der Waals surface area (Å²) in [4.78, 5) is 0. The predicted octanol–water partition coefficient (Wildman–Crippen LogP) is 4.26. The lowest BCUT2D eigenvalue weighted by molar-refractivity contribution is 0.0185. The van der Waals surface area contributed by atoms with E-state index in [-0.39, 0.29) is 5.60 Å². The molecule has 0 aliphatic heterocycles. The highest BCUT2D eigenvalue weighted by molar-refractivity contribution is 5.44. The van der Waals surface area contributed by atoms with Gasteiger partial charge < -0.3 is 10.1 Å². The van der Waals surface area contributed by atoms with Crippen molar-refractivity contribution in [2.45, 2.75) is 52.1 Å². The van der Waals surface area contributed by atoms with Crippen LogP contribution in [0.1, 0.15) is 45.6 Å². The van der Waals surface area contributed by atoms with Crippen molar-refractivity contribution < 1.29 is 4.74 Å². The monoisotopic (exact) mass is 249 g/mol. The molecule has 1 rings (SSSR count). The second kappa shape index (κ2) is 7.42. The number of methoxy groups -OCH3 is 1. The molecule has 1 N–H and O–H groups in total. The summed E-state index contributed by atoms with van der Waals surface area (Å²) in [5, 5.41) is 3.44. The molecule has 0 amide bonds. The third kappa shape index (κ3) is 5.54. The molecule has 0 fully saturated rings. The van der Waals surface area contributed by atoms with Gasteiger partial charge in [-0.2, -0.15) is 0 Å². The van der Waals surface area contributed by atoms with Crippen LogP contribution in [0.2, 0.25) is 0 Å². The minimum Gasteiger partial charge on any atom is -0.385 e. The molecule has 102 valence electrons. The zero-order valence-electron chi connectivity index (χ0n) is 12.3.